The van der Waals surface area contributed by atoms with E-state index in [9.17, 15) is 13.2 Å². The molecule has 0 aliphatic rings. The van der Waals surface area contributed by atoms with E-state index in [0.717, 1.165) is 22.7 Å². The van der Waals surface area contributed by atoms with Crippen molar-refractivity contribution >= 4 is 11.3 Å². The number of nitrogens with one attached hydrogen (secondary N) is 1. The normalized spacial score (nSPS) is 10.9. The van der Waals surface area contributed by atoms with Gasteiger partial charge in [-0.2, -0.15) is 0 Å². The van der Waals surface area contributed by atoms with Gasteiger partial charge in [0.05, 0.1) is 11.2 Å². The van der Waals surface area contributed by atoms with Crippen molar-refractivity contribution in [1.29, 1.82) is 0 Å². The number of hydrogen-bond donors (Lipinski definition) is 1. The maximum Gasteiger partial charge on any atom is 0.194 e. The van der Waals surface area contributed by atoms with Gasteiger partial charge in [0.25, 0.3) is 0 Å². The van der Waals surface area contributed by atoms with Crippen LogP contribution in [0.15, 0.2) is 17.6 Å². The number of halogens is 3. The monoisotopic (exact) mass is 272 g/mol. The summed E-state index contributed by atoms with van der Waals surface area (Å²) in [7, 11) is 0. The Hall–Kier alpha value is -1.40. The molecule has 0 aliphatic heterocycles. The Morgan fingerprint density at radius 2 is 1.83 bits per heavy atom. The highest BCUT2D eigenvalue weighted by Gasteiger charge is 2.10. The van der Waals surface area contributed by atoms with Crippen molar-refractivity contribution < 1.29 is 13.2 Å². The molecule has 6 heteroatoms. The molecule has 0 saturated carbocycles. The number of rotatable bonds is 4. The van der Waals surface area contributed by atoms with Crippen LogP contribution in [0.25, 0.3) is 0 Å². The lowest BCUT2D eigenvalue weighted by atomic mass is 10.2. The fraction of sp³-hybridized carbons (Fsp3) is 0.250. The average Bonchev–Trinajstić information content (AvgIpc) is 2.72. The van der Waals surface area contributed by atoms with Crippen molar-refractivity contribution in [3.8, 4) is 0 Å². The van der Waals surface area contributed by atoms with Gasteiger partial charge in [-0.05, 0) is 24.6 Å². The van der Waals surface area contributed by atoms with Crippen LogP contribution >= 0.6 is 11.3 Å². The van der Waals surface area contributed by atoms with Gasteiger partial charge in [-0.1, -0.05) is 0 Å². The Morgan fingerprint density at radius 3 is 2.39 bits per heavy atom. The molecule has 0 bridgehead atoms. The van der Waals surface area contributed by atoms with E-state index >= 15 is 0 Å². The highest BCUT2D eigenvalue weighted by Crippen LogP contribution is 2.14. The zero-order chi connectivity index (χ0) is 13.1. The molecule has 0 aliphatic carbocycles. The first-order valence-corrected chi connectivity index (χ1v) is 6.19. The van der Waals surface area contributed by atoms with Gasteiger partial charge in [-0.15, -0.1) is 11.3 Å². The Morgan fingerprint density at radius 1 is 1.17 bits per heavy atom. The van der Waals surface area contributed by atoms with Crippen LogP contribution in [-0.2, 0) is 13.1 Å². The number of benzene rings is 1. The second-order valence-electron chi connectivity index (χ2n) is 3.84. The number of aromatic nitrogens is 1. The van der Waals surface area contributed by atoms with Crippen molar-refractivity contribution in [2.45, 2.75) is 20.0 Å². The van der Waals surface area contributed by atoms with E-state index in [4.69, 9.17) is 0 Å². The third-order valence-electron chi connectivity index (χ3n) is 2.50. The molecule has 0 radical (unpaired) electrons. The minimum absolute atomic E-state index is 0.269. The van der Waals surface area contributed by atoms with Crippen LogP contribution in [0, 0.1) is 24.4 Å². The molecule has 1 aromatic heterocycles. The van der Waals surface area contributed by atoms with Gasteiger partial charge in [0.1, 0.15) is 0 Å². The van der Waals surface area contributed by atoms with E-state index in [2.05, 4.69) is 10.3 Å². The van der Waals surface area contributed by atoms with Gasteiger partial charge in [0, 0.05) is 18.0 Å². The van der Waals surface area contributed by atoms with Crippen LogP contribution in [0.4, 0.5) is 13.2 Å². The minimum atomic E-state index is -1.43. The molecule has 2 nitrogen and oxygen atoms in total. The third kappa shape index (κ3) is 2.88. The zero-order valence-electron chi connectivity index (χ0n) is 9.64. The lowest BCUT2D eigenvalue weighted by Crippen LogP contribution is -2.13. The number of nitrogens with zero attached hydrogens (tertiary/aromatic N) is 1. The molecule has 0 amide bonds. The lowest BCUT2D eigenvalue weighted by Gasteiger charge is -2.05. The summed E-state index contributed by atoms with van der Waals surface area (Å²) in [4.78, 5) is 5.16. The minimum Gasteiger partial charge on any atom is -0.308 e. The van der Waals surface area contributed by atoms with Crippen molar-refractivity contribution in [2.75, 3.05) is 0 Å². The maximum absolute atomic E-state index is 13.0. The predicted molar refractivity (Wildman–Crippen MR) is 63.7 cm³/mol. The van der Waals surface area contributed by atoms with Gasteiger partial charge in [-0.3, -0.25) is 0 Å². The third-order valence-corrected chi connectivity index (χ3v) is 3.44. The summed E-state index contributed by atoms with van der Waals surface area (Å²) in [6.45, 7) is 2.73. The first-order chi connectivity index (χ1) is 8.58. The summed E-state index contributed by atoms with van der Waals surface area (Å²) < 4.78 is 38.6. The van der Waals surface area contributed by atoms with Crippen molar-refractivity contribution in [3.05, 3.63) is 51.2 Å². The second-order valence-corrected chi connectivity index (χ2v) is 4.78. The molecule has 0 fully saturated rings. The fourth-order valence-electron chi connectivity index (χ4n) is 1.53. The smallest absolute Gasteiger partial charge is 0.194 e. The molecule has 1 heterocycles. The largest absolute Gasteiger partial charge is 0.308 e. The highest BCUT2D eigenvalue weighted by molar-refractivity contribution is 7.09. The van der Waals surface area contributed by atoms with E-state index in [1.54, 1.807) is 5.51 Å². The second kappa shape index (κ2) is 5.49. The van der Waals surface area contributed by atoms with Crippen LogP contribution in [0.5, 0.6) is 0 Å². The van der Waals surface area contributed by atoms with E-state index in [1.165, 1.54) is 11.3 Å². The summed E-state index contributed by atoms with van der Waals surface area (Å²) in [5.74, 6) is -3.77. The van der Waals surface area contributed by atoms with Crippen molar-refractivity contribution in [3.63, 3.8) is 0 Å². The molecular weight excluding hydrogens is 261 g/mol. The fourth-order valence-corrected chi connectivity index (χ4v) is 2.27. The number of aryl methyl sites for hydroxylation is 1. The van der Waals surface area contributed by atoms with E-state index < -0.39 is 17.5 Å². The van der Waals surface area contributed by atoms with Crippen LogP contribution in [0.3, 0.4) is 0 Å². The van der Waals surface area contributed by atoms with Crippen LogP contribution in [0.2, 0.25) is 0 Å². The summed E-state index contributed by atoms with van der Waals surface area (Å²) in [5, 5.41) is 3.03. The Bertz CT molecular complexity index is 531. The lowest BCUT2D eigenvalue weighted by molar-refractivity contribution is 0.444. The summed E-state index contributed by atoms with van der Waals surface area (Å²) in [6.07, 6.45) is 0. The number of thiazole rings is 1. The molecule has 0 atom stereocenters. The molecule has 2 rings (SSSR count). The summed E-state index contributed by atoms with van der Waals surface area (Å²) >= 11 is 1.51. The molecule has 1 N–H and O–H groups in total. The van der Waals surface area contributed by atoms with Crippen molar-refractivity contribution in [2.24, 2.45) is 0 Å². The Balaban J connectivity index is 1.97. The zero-order valence-corrected chi connectivity index (χ0v) is 10.5. The first kappa shape index (κ1) is 13.0. The van der Waals surface area contributed by atoms with Gasteiger partial charge >= 0.3 is 0 Å². The molecule has 0 unspecified atom stereocenters. The predicted octanol–water partition coefficient (Wildman–Crippen LogP) is 3.16. The summed E-state index contributed by atoms with van der Waals surface area (Å²) in [6, 6.07) is 1.98. The standard InChI is InChI=1S/C12H11F3N2S/c1-7-11(18-6-17-7)5-16-4-8-2-9(13)12(15)10(14)3-8/h2-3,6,16H,4-5H2,1H3. The molecule has 2 aromatic rings. The van der Waals surface area contributed by atoms with Crippen LogP contribution in [0.1, 0.15) is 16.1 Å². The van der Waals surface area contributed by atoms with Crippen molar-refractivity contribution in [1.82, 2.24) is 10.3 Å². The molecular formula is C12H11F3N2S. The van der Waals surface area contributed by atoms with E-state index in [-0.39, 0.29) is 6.54 Å². The Kier molecular flexibility index (Phi) is 3.98. The maximum atomic E-state index is 13.0. The molecule has 0 spiro atoms. The number of hydrogen-bond acceptors (Lipinski definition) is 3. The quantitative estimate of drug-likeness (QED) is 0.865. The van der Waals surface area contributed by atoms with Gasteiger partial charge in [0.15, 0.2) is 17.5 Å². The Labute approximate surface area is 106 Å². The first-order valence-electron chi connectivity index (χ1n) is 5.31. The molecule has 0 saturated heterocycles. The van der Waals surface area contributed by atoms with Gasteiger partial charge < -0.3 is 5.32 Å². The molecule has 1 aromatic carbocycles. The van der Waals surface area contributed by atoms with Crippen LogP contribution in [-0.4, -0.2) is 4.98 Å². The average molecular weight is 272 g/mol. The van der Waals surface area contributed by atoms with E-state index in [1.807, 2.05) is 6.92 Å². The van der Waals surface area contributed by atoms with E-state index in [0.29, 0.717) is 12.1 Å². The van der Waals surface area contributed by atoms with Gasteiger partial charge in [0.2, 0.25) is 0 Å². The summed E-state index contributed by atoms with van der Waals surface area (Å²) in [5.41, 5.74) is 3.04. The SMILES string of the molecule is Cc1ncsc1CNCc1cc(F)c(F)c(F)c1. The molecule has 18 heavy (non-hydrogen) atoms. The van der Waals surface area contributed by atoms with Crippen LogP contribution < -0.4 is 5.32 Å². The molecule has 96 valence electrons. The highest BCUT2D eigenvalue weighted by atomic mass is 32.1. The van der Waals surface area contributed by atoms with Gasteiger partial charge in [-0.25, -0.2) is 18.2 Å². The topological polar surface area (TPSA) is 24.9 Å².